The van der Waals surface area contributed by atoms with Crippen LogP contribution in [0.3, 0.4) is 0 Å². The summed E-state index contributed by atoms with van der Waals surface area (Å²) in [5.41, 5.74) is 2.03. The van der Waals surface area contributed by atoms with E-state index in [2.05, 4.69) is 20.3 Å². The molecule has 0 radical (unpaired) electrons. The number of ketones is 1. The Morgan fingerprint density at radius 2 is 1.88 bits per heavy atom. The number of aliphatic hydroxyl groups excluding tert-OH is 1. The smallest absolute Gasteiger partial charge is 0.394 e. The Balaban J connectivity index is 1.45. The van der Waals surface area contributed by atoms with Crippen molar-refractivity contribution in [3.05, 3.63) is 72.9 Å². The first kappa shape index (κ1) is 22.4. The molecular weight excluding hydrogens is 435 g/mol. The van der Waals surface area contributed by atoms with Crippen molar-refractivity contribution in [2.24, 2.45) is 0 Å². The lowest BCUT2D eigenvalue weighted by Crippen LogP contribution is -2.28. The number of alkyl halides is 3. The van der Waals surface area contributed by atoms with Gasteiger partial charge in [-0.1, -0.05) is 36.4 Å². The van der Waals surface area contributed by atoms with Crippen LogP contribution in [0.15, 0.2) is 67.3 Å². The monoisotopic (exact) mass is 455 g/mol. The molecule has 0 spiro atoms. The molecule has 2 heterocycles. The Labute approximate surface area is 186 Å². The highest BCUT2D eigenvalue weighted by Crippen LogP contribution is 2.23. The quantitative estimate of drug-likeness (QED) is 0.422. The Morgan fingerprint density at radius 3 is 2.64 bits per heavy atom. The second kappa shape index (κ2) is 9.37. The van der Waals surface area contributed by atoms with Crippen LogP contribution in [0.5, 0.6) is 0 Å². The molecule has 0 saturated carbocycles. The summed E-state index contributed by atoms with van der Waals surface area (Å²) in [5, 5.41) is 15.0. The number of fused-ring (bicyclic) bond motifs is 1. The zero-order chi connectivity index (χ0) is 23.4. The van der Waals surface area contributed by atoms with Gasteiger partial charge in [0, 0.05) is 24.4 Å². The van der Waals surface area contributed by atoms with E-state index in [1.807, 2.05) is 42.5 Å². The van der Waals surface area contributed by atoms with Gasteiger partial charge in [-0.2, -0.15) is 13.2 Å². The molecule has 1 atom stereocenters. The zero-order valence-corrected chi connectivity index (χ0v) is 17.3. The maximum atomic E-state index is 12.4. The normalized spacial score (nSPS) is 12.6. The minimum atomic E-state index is -4.90. The van der Waals surface area contributed by atoms with Gasteiger partial charge in [0.05, 0.1) is 36.9 Å². The number of Topliss-reactive ketones (excluding diaryl/α,β-unsaturated/α-hetero) is 1. The molecule has 33 heavy (non-hydrogen) atoms. The number of aliphatic hydroxyl groups is 1. The summed E-state index contributed by atoms with van der Waals surface area (Å²) in [6, 6.07) is 15.2. The first-order valence-corrected chi connectivity index (χ1v) is 10.1. The van der Waals surface area contributed by atoms with Crippen molar-refractivity contribution in [1.82, 2.24) is 19.5 Å². The third-order valence-electron chi connectivity index (χ3n) is 5.04. The molecule has 7 nitrogen and oxygen atoms in total. The zero-order valence-electron chi connectivity index (χ0n) is 17.3. The number of nitrogens with zero attached hydrogens (tertiary/aromatic N) is 4. The summed E-state index contributed by atoms with van der Waals surface area (Å²) in [5.74, 6) is -1.56. The number of nitrogens with one attached hydrogen (secondary N) is 1. The van der Waals surface area contributed by atoms with E-state index in [9.17, 15) is 23.1 Å². The summed E-state index contributed by atoms with van der Waals surface area (Å²) in [7, 11) is 0. The van der Waals surface area contributed by atoms with Gasteiger partial charge in [0.1, 0.15) is 0 Å². The van der Waals surface area contributed by atoms with Crippen molar-refractivity contribution in [3.63, 3.8) is 0 Å². The molecule has 4 aromatic rings. The number of carbonyl (C=O) groups excluding carboxylic acids is 1. The Kier molecular flexibility index (Phi) is 6.36. The molecule has 0 saturated heterocycles. The first-order chi connectivity index (χ1) is 15.8. The number of anilines is 1. The molecule has 10 heteroatoms. The summed E-state index contributed by atoms with van der Waals surface area (Å²) < 4.78 is 38.4. The van der Waals surface area contributed by atoms with E-state index in [4.69, 9.17) is 0 Å². The predicted molar refractivity (Wildman–Crippen MR) is 116 cm³/mol. The van der Waals surface area contributed by atoms with E-state index in [-0.39, 0.29) is 13.0 Å². The number of carbonyl (C=O) groups is 1. The SMILES string of the molecule is O=C(Cn1cnc(C[C@@H](CO)Nc2nccc(-c3ccc4ccccc4c3)n2)c1)C(F)(F)F. The van der Waals surface area contributed by atoms with E-state index < -0.39 is 24.5 Å². The van der Waals surface area contributed by atoms with Gasteiger partial charge in [0.15, 0.2) is 0 Å². The molecule has 2 N–H and O–H groups in total. The van der Waals surface area contributed by atoms with Crippen LogP contribution in [0.1, 0.15) is 5.69 Å². The molecular formula is C23H20F3N5O2. The molecule has 2 aromatic carbocycles. The lowest BCUT2D eigenvalue weighted by molar-refractivity contribution is -0.171. The van der Waals surface area contributed by atoms with Gasteiger partial charge in [-0.05, 0) is 22.9 Å². The van der Waals surface area contributed by atoms with Crippen LogP contribution in [0.4, 0.5) is 19.1 Å². The van der Waals surface area contributed by atoms with E-state index in [1.54, 1.807) is 12.3 Å². The summed E-state index contributed by atoms with van der Waals surface area (Å²) in [6.45, 7) is -1.12. The average molecular weight is 455 g/mol. The highest BCUT2D eigenvalue weighted by Gasteiger charge is 2.38. The second-order valence-corrected chi connectivity index (χ2v) is 7.51. The van der Waals surface area contributed by atoms with E-state index in [1.165, 1.54) is 6.20 Å². The van der Waals surface area contributed by atoms with Crippen LogP contribution >= 0.6 is 0 Å². The molecule has 0 bridgehead atoms. The van der Waals surface area contributed by atoms with Gasteiger partial charge in [-0.3, -0.25) is 4.79 Å². The molecule has 2 aromatic heterocycles. The van der Waals surface area contributed by atoms with Crippen LogP contribution in [-0.4, -0.2) is 49.2 Å². The van der Waals surface area contributed by atoms with Crippen LogP contribution in [-0.2, 0) is 17.8 Å². The largest absolute Gasteiger partial charge is 0.451 e. The summed E-state index contributed by atoms with van der Waals surface area (Å²) in [4.78, 5) is 23.9. The van der Waals surface area contributed by atoms with Crippen molar-refractivity contribution in [3.8, 4) is 11.3 Å². The second-order valence-electron chi connectivity index (χ2n) is 7.51. The minimum Gasteiger partial charge on any atom is -0.394 e. The van der Waals surface area contributed by atoms with Gasteiger partial charge >= 0.3 is 6.18 Å². The van der Waals surface area contributed by atoms with E-state index in [0.717, 1.165) is 27.2 Å². The van der Waals surface area contributed by atoms with Crippen molar-refractivity contribution in [1.29, 1.82) is 0 Å². The number of halogens is 3. The van der Waals surface area contributed by atoms with Crippen LogP contribution in [0.2, 0.25) is 0 Å². The fourth-order valence-electron chi connectivity index (χ4n) is 3.39. The van der Waals surface area contributed by atoms with Gasteiger partial charge < -0.3 is 15.0 Å². The predicted octanol–water partition coefficient (Wildman–Crippen LogP) is 3.64. The van der Waals surface area contributed by atoms with Gasteiger partial charge in [0.2, 0.25) is 5.95 Å². The lowest BCUT2D eigenvalue weighted by Gasteiger charge is -2.15. The van der Waals surface area contributed by atoms with E-state index >= 15 is 0 Å². The number of rotatable bonds is 8. The lowest BCUT2D eigenvalue weighted by atomic mass is 10.1. The topological polar surface area (TPSA) is 92.9 Å². The highest BCUT2D eigenvalue weighted by molar-refractivity contribution is 5.86. The standard InChI is InChI=1S/C23H20F3N5O2/c24-23(25,26)21(33)12-31-11-18(28-14-31)10-19(13-32)29-22-27-8-7-20(30-22)17-6-5-15-3-1-2-4-16(15)9-17/h1-9,11,14,19,32H,10,12-13H2,(H,27,29,30)/t19-/m0/s1. The summed E-state index contributed by atoms with van der Waals surface area (Å²) in [6.07, 6.45) is -0.587. The van der Waals surface area contributed by atoms with Crippen molar-refractivity contribution < 1.29 is 23.1 Å². The maximum absolute atomic E-state index is 12.4. The molecule has 0 unspecified atom stereocenters. The molecule has 170 valence electrons. The minimum absolute atomic E-state index is 0.202. The molecule has 0 aliphatic heterocycles. The number of hydrogen-bond donors (Lipinski definition) is 2. The molecule has 0 fully saturated rings. The fourth-order valence-corrected chi connectivity index (χ4v) is 3.39. The Bertz CT molecular complexity index is 1270. The summed E-state index contributed by atoms with van der Waals surface area (Å²) >= 11 is 0. The fraction of sp³-hybridized carbons (Fsp3) is 0.217. The van der Waals surface area contributed by atoms with Gasteiger partial charge in [-0.15, -0.1) is 0 Å². The van der Waals surface area contributed by atoms with Crippen molar-refractivity contribution in [2.75, 3.05) is 11.9 Å². The number of aromatic nitrogens is 4. The number of benzene rings is 2. The van der Waals surface area contributed by atoms with E-state index in [0.29, 0.717) is 17.3 Å². The number of hydrogen-bond acceptors (Lipinski definition) is 6. The van der Waals surface area contributed by atoms with Gasteiger partial charge in [0.25, 0.3) is 5.78 Å². The van der Waals surface area contributed by atoms with Crippen LogP contribution < -0.4 is 5.32 Å². The van der Waals surface area contributed by atoms with Crippen LogP contribution in [0, 0.1) is 0 Å². The van der Waals surface area contributed by atoms with Crippen molar-refractivity contribution >= 4 is 22.5 Å². The molecule has 0 aliphatic rings. The third-order valence-corrected chi connectivity index (χ3v) is 5.04. The average Bonchev–Trinajstić information content (AvgIpc) is 3.24. The van der Waals surface area contributed by atoms with Crippen molar-refractivity contribution in [2.45, 2.75) is 25.2 Å². The Hall–Kier alpha value is -3.79. The first-order valence-electron chi connectivity index (χ1n) is 10.1. The Morgan fingerprint density at radius 1 is 1.09 bits per heavy atom. The molecule has 0 aliphatic carbocycles. The maximum Gasteiger partial charge on any atom is 0.451 e. The third kappa shape index (κ3) is 5.53. The van der Waals surface area contributed by atoms with Gasteiger partial charge in [-0.25, -0.2) is 15.0 Å². The number of imidazole rings is 1. The molecule has 0 amide bonds. The highest BCUT2D eigenvalue weighted by atomic mass is 19.4. The molecule has 4 rings (SSSR count). The van der Waals surface area contributed by atoms with Crippen LogP contribution in [0.25, 0.3) is 22.0 Å².